The van der Waals surface area contributed by atoms with Crippen molar-refractivity contribution in [3.05, 3.63) is 70.1 Å². The third-order valence-corrected chi connectivity index (χ3v) is 6.79. The molecule has 9 heteroatoms. The number of halogens is 1. The van der Waals surface area contributed by atoms with Gasteiger partial charge in [-0.3, -0.25) is 9.69 Å². The van der Waals surface area contributed by atoms with Gasteiger partial charge in [0.2, 0.25) is 5.82 Å². The molecular weight excluding hydrogens is 432 g/mol. The van der Waals surface area contributed by atoms with Crippen molar-refractivity contribution in [2.24, 2.45) is 0 Å². The van der Waals surface area contributed by atoms with Crippen molar-refractivity contribution in [3.63, 3.8) is 0 Å². The van der Waals surface area contributed by atoms with Gasteiger partial charge in [0.1, 0.15) is 0 Å². The molecule has 0 saturated carbocycles. The number of carbonyl (C=O) groups excluding carboxylic acids is 1. The molecule has 1 aliphatic rings. The second-order valence-electron chi connectivity index (χ2n) is 7.58. The average molecular weight is 453 g/mol. The molecule has 4 aromatic rings. The van der Waals surface area contributed by atoms with E-state index in [1.807, 2.05) is 36.1 Å². The summed E-state index contributed by atoms with van der Waals surface area (Å²) in [5, 5.41) is 5.09. The molecule has 3 aromatic heterocycles. The van der Waals surface area contributed by atoms with E-state index >= 15 is 0 Å². The maximum Gasteiger partial charge on any atom is 0.293 e. The Morgan fingerprint density at radius 1 is 1.13 bits per heavy atom. The fraction of sp³-hybridized carbons (Fsp3) is 0.273. The van der Waals surface area contributed by atoms with E-state index in [0.29, 0.717) is 18.9 Å². The molecule has 0 N–H and O–H groups in total. The minimum absolute atomic E-state index is 0.135. The van der Waals surface area contributed by atoms with Gasteiger partial charge >= 0.3 is 0 Å². The van der Waals surface area contributed by atoms with Gasteiger partial charge in [-0.15, -0.1) is 16.4 Å². The summed E-state index contributed by atoms with van der Waals surface area (Å²) >= 11 is 7.91. The number of thiophene rings is 1. The molecule has 5 rings (SSSR count). The molecule has 0 atom stereocenters. The molecule has 0 bridgehead atoms. The van der Waals surface area contributed by atoms with Crippen LogP contribution in [0.2, 0.25) is 5.02 Å². The van der Waals surface area contributed by atoms with Crippen molar-refractivity contribution >= 4 is 34.6 Å². The highest BCUT2D eigenvalue weighted by Crippen LogP contribution is 2.30. The predicted molar refractivity (Wildman–Crippen MR) is 121 cm³/mol. The number of hydrogen-bond donors (Lipinski definition) is 0. The van der Waals surface area contributed by atoms with Crippen molar-refractivity contribution in [2.75, 3.05) is 26.2 Å². The van der Waals surface area contributed by atoms with E-state index in [9.17, 15) is 4.79 Å². The number of hydrogen-bond acceptors (Lipinski definition) is 6. The average Bonchev–Trinajstić information content (AvgIpc) is 3.42. The van der Waals surface area contributed by atoms with E-state index in [-0.39, 0.29) is 11.7 Å². The highest BCUT2D eigenvalue weighted by molar-refractivity contribution is 7.15. The van der Waals surface area contributed by atoms with Crippen LogP contribution >= 0.6 is 22.9 Å². The second-order valence-corrected chi connectivity index (χ2v) is 9.18. The van der Waals surface area contributed by atoms with Crippen molar-refractivity contribution in [1.82, 2.24) is 29.4 Å². The van der Waals surface area contributed by atoms with Gasteiger partial charge in [0.15, 0.2) is 0 Å². The van der Waals surface area contributed by atoms with Crippen molar-refractivity contribution in [3.8, 4) is 10.4 Å². The quantitative estimate of drug-likeness (QED) is 0.471. The summed E-state index contributed by atoms with van der Waals surface area (Å²) in [5.74, 6) is 0.527. The van der Waals surface area contributed by atoms with Crippen LogP contribution in [-0.2, 0) is 6.54 Å². The van der Waals surface area contributed by atoms with Crippen LogP contribution in [0.1, 0.15) is 21.2 Å². The molecule has 4 heterocycles. The van der Waals surface area contributed by atoms with E-state index in [4.69, 9.17) is 11.6 Å². The molecule has 1 fully saturated rings. The topological polar surface area (TPSA) is 66.6 Å². The predicted octanol–water partition coefficient (Wildman–Crippen LogP) is 3.77. The summed E-state index contributed by atoms with van der Waals surface area (Å²) in [6.45, 7) is 5.75. The van der Waals surface area contributed by atoms with Crippen LogP contribution in [0, 0.1) is 6.92 Å². The summed E-state index contributed by atoms with van der Waals surface area (Å²) in [5.41, 5.74) is 2.04. The van der Waals surface area contributed by atoms with Crippen LogP contribution in [0.25, 0.3) is 16.2 Å². The largest absolute Gasteiger partial charge is 0.333 e. The number of benzene rings is 1. The Morgan fingerprint density at radius 3 is 2.74 bits per heavy atom. The Hall–Kier alpha value is -2.81. The fourth-order valence-electron chi connectivity index (χ4n) is 3.73. The van der Waals surface area contributed by atoms with Gasteiger partial charge in [-0.25, -0.2) is 9.50 Å². The normalized spacial score (nSPS) is 15.0. The third kappa shape index (κ3) is 4.19. The Kier molecular flexibility index (Phi) is 5.43. The summed E-state index contributed by atoms with van der Waals surface area (Å²) < 4.78 is 1.61. The lowest BCUT2D eigenvalue weighted by molar-refractivity contribution is 0.0618. The number of aromatic nitrogens is 4. The van der Waals surface area contributed by atoms with E-state index in [2.05, 4.69) is 38.2 Å². The minimum atomic E-state index is -0.135. The zero-order valence-corrected chi connectivity index (χ0v) is 18.6. The number of fused-ring (bicyclic) bond motifs is 1. The first-order chi connectivity index (χ1) is 15.1. The Balaban J connectivity index is 1.20. The van der Waals surface area contributed by atoms with E-state index in [1.165, 1.54) is 9.75 Å². The second kappa shape index (κ2) is 8.37. The Labute approximate surface area is 188 Å². The van der Waals surface area contributed by atoms with Crippen LogP contribution < -0.4 is 0 Å². The van der Waals surface area contributed by atoms with Crippen LogP contribution in [0.3, 0.4) is 0 Å². The molecule has 0 spiro atoms. The minimum Gasteiger partial charge on any atom is -0.333 e. The Morgan fingerprint density at radius 2 is 1.97 bits per heavy atom. The lowest BCUT2D eigenvalue weighted by Crippen LogP contribution is -2.48. The summed E-state index contributed by atoms with van der Waals surface area (Å²) in [6, 6.07) is 14.1. The maximum atomic E-state index is 12.9. The Bertz CT molecular complexity index is 1240. The maximum absolute atomic E-state index is 12.9. The van der Waals surface area contributed by atoms with Crippen LogP contribution in [0.15, 0.2) is 48.7 Å². The van der Waals surface area contributed by atoms with Crippen LogP contribution in [-0.4, -0.2) is 61.5 Å². The molecule has 0 radical (unpaired) electrons. The van der Waals surface area contributed by atoms with Crippen LogP contribution in [0.5, 0.6) is 0 Å². The lowest BCUT2D eigenvalue weighted by atomic mass is 10.2. The van der Waals surface area contributed by atoms with E-state index in [1.54, 1.807) is 22.0 Å². The van der Waals surface area contributed by atoms with Crippen molar-refractivity contribution in [2.45, 2.75) is 13.5 Å². The molecule has 0 aliphatic carbocycles. The van der Waals surface area contributed by atoms with Gasteiger partial charge in [-0.2, -0.15) is 4.98 Å². The molecule has 1 aliphatic heterocycles. The number of amides is 1. The summed E-state index contributed by atoms with van der Waals surface area (Å²) in [7, 11) is 0. The first kappa shape index (κ1) is 20.1. The number of nitrogens with zero attached hydrogens (tertiary/aromatic N) is 6. The summed E-state index contributed by atoms with van der Waals surface area (Å²) in [6.07, 6.45) is 1.68. The highest BCUT2D eigenvalue weighted by Gasteiger charge is 2.25. The van der Waals surface area contributed by atoms with Gasteiger partial charge in [-0.05, 0) is 42.8 Å². The van der Waals surface area contributed by atoms with Gasteiger partial charge in [0.25, 0.3) is 11.7 Å². The zero-order valence-electron chi connectivity index (χ0n) is 17.0. The van der Waals surface area contributed by atoms with Gasteiger partial charge in [0.05, 0.1) is 0 Å². The lowest BCUT2D eigenvalue weighted by Gasteiger charge is -2.33. The van der Waals surface area contributed by atoms with Gasteiger partial charge in [-0.1, -0.05) is 23.7 Å². The van der Waals surface area contributed by atoms with E-state index < -0.39 is 0 Å². The first-order valence-electron chi connectivity index (χ1n) is 10.1. The molecule has 158 valence electrons. The smallest absolute Gasteiger partial charge is 0.293 e. The highest BCUT2D eigenvalue weighted by atomic mass is 35.5. The number of rotatable bonds is 4. The molecule has 1 aromatic carbocycles. The molecular formula is C22H21ClN6OS. The molecule has 7 nitrogen and oxygen atoms in total. The number of aryl methyl sites for hydroxylation is 1. The van der Waals surface area contributed by atoms with E-state index in [0.717, 1.165) is 35.9 Å². The standard InChI is InChI=1S/C22H21ClN6OS/c1-15-7-8-24-22-25-20(26-29(15)22)21(30)28-11-9-27(10-12-28)14-18-5-6-19(31-18)16-3-2-4-17(23)13-16/h2-8,13H,9-12,14H2,1H3. The molecule has 31 heavy (non-hydrogen) atoms. The first-order valence-corrected chi connectivity index (χ1v) is 11.3. The van der Waals surface area contributed by atoms with Crippen molar-refractivity contribution < 1.29 is 4.79 Å². The van der Waals surface area contributed by atoms with Gasteiger partial charge in [0, 0.05) is 59.4 Å². The third-order valence-electron chi connectivity index (χ3n) is 5.43. The molecule has 0 unspecified atom stereocenters. The summed E-state index contributed by atoms with van der Waals surface area (Å²) in [4.78, 5) is 28.1. The molecule has 1 amide bonds. The number of piperazine rings is 1. The van der Waals surface area contributed by atoms with Crippen molar-refractivity contribution in [1.29, 1.82) is 0 Å². The number of carbonyl (C=O) groups is 1. The van der Waals surface area contributed by atoms with Crippen LogP contribution in [0.4, 0.5) is 0 Å². The SMILES string of the molecule is Cc1ccnc2nc(C(=O)N3CCN(Cc4ccc(-c5cccc(Cl)c5)s4)CC3)nn12. The molecule has 1 saturated heterocycles. The monoisotopic (exact) mass is 452 g/mol. The van der Waals surface area contributed by atoms with Gasteiger partial charge < -0.3 is 4.90 Å². The zero-order chi connectivity index (χ0) is 21.4. The fourth-order valence-corrected chi connectivity index (χ4v) is 4.96.